The van der Waals surface area contributed by atoms with E-state index in [9.17, 15) is 44.1 Å². The second kappa shape index (κ2) is 24.9. The fourth-order valence-corrected chi connectivity index (χ4v) is 7.52. The Bertz CT molecular complexity index is 1040. The molecule has 12 heteroatoms. The van der Waals surface area contributed by atoms with E-state index in [0.717, 1.165) is 0 Å². The topological polar surface area (TPSA) is 224 Å². The van der Waals surface area contributed by atoms with Gasteiger partial charge in [0.05, 0.1) is 22.7 Å². The van der Waals surface area contributed by atoms with Crippen molar-refractivity contribution < 1.29 is 59.4 Å². The first-order valence-electron chi connectivity index (χ1n) is 18.4. The van der Waals surface area contributed by atoms with Gasteiger partial charge in [0.1, 0.15) is 0 Å². The predicted octanol–water partition coefficient (Wildman–Crippen LogP) is 9.04. The zero-order chi connectivity index (χ0) is 40.9. The fourth-order valence-electron chi connectivity index (χ4n) is 7.52. The third-order valence-corrected chi connectivity index (χ3v) is 8.51. The molecule has 0 aliphatic carbocycles. The molecule has 0 saturated carbocycles. The van der Waals surface area contributed by atoms with Gasteiger partial charge in [-0.1, -0.05) is 83.1 Å². The van der Waals surface area contributed by atoms with E-state index < -0.39 is 52.1 Å². The summed E-state index contributed by atoms with van der Waals surface area (Å²) in [4.78, 5) is 66.5. The Morgan fingerprint density at radius 2 is 0.627 bits per heavy atom. The van der Waals surface area contributed by atoms with Crippen molar-refractivity contribution in [1.29, 1.82) is 0 Å². The normalized spacial score (nSPS) is 12.1. The number of aliphatic carboxylic acids is 6. The number of carboxylic acid groups (broad SMARTS) is 6. The average molecular weight is 733 g/mol. The van der Waals surface area contributed by atoms with Crippen LogP contribution in [0, 0.1) is 51.8 Å². The molecule has 0 atom stereocenters. The van der Waals surface area contributed by atoms with Crippen LogP contribution in [-0.2, 0) is 28.8 Å². The average Bonchev–Trinajstić information content (AvgIpc) is 2.89. The molecule has 0 aromatic rings. The summed E-state index contributed by atoms with van der Waals surface area (Å²) in [5.74, 6) is -4.01. The van der Waals surface area contributed by atoms with Crippen LogP contribution in [0.1, 0.15) is 160 Å². The van der Waals surface area contributed by atoms with Gasteiger partial charge in [-0.2, -0.15) is 0 Å². The molecule has 0 aliphatic rings. The number of hydrogen-bond acceptors (Lipinski definition) is 6. The first-order chi connectivity index (χ1) is 23.1. The van der Waals surface area contributed by atoms with E-state index >= 15 is 0 Å². The van der Waals surface area contributed by atoms with E-state index in [-0.39, 0.29) is 49.4 Å². The Labute approximate surface area is 306 Å². The molecular weight excluding hydrogens is 660 g/mol. The molecule has 0 radical (unpaired) electrons. The summed E-state index contributed by atoms with van der Waals surface area (Å²) >= 11 is 0. The Morgan fingerprint density at radius 3 is 0.843 bits per heavy atom. The molecule has 0 aromatic heterocycles. The largest absolute Gasteiger partial charge is 0.481 e. The maximum Gasteiger partial charge on any atom is 0.310 e. The SMILES string of the molecule is CC(C)CC(CC(=O)O)(CC(C)C)C(=O)O.CC(C)CC(CCC(=O)O)(CC(C)C)C(=O)O.CC(C)CC(CCCC(=O)O)(CC(C)C)C(=O)O. The van der Waals surface area contributed by atoms with Crippen LogP contribution in [0.3, 0.4) is 0 Å². The van der Waals surface area contributed by atoms with Crippen LogP contribution in [0.15, 0.2) is 0 Å². The van der Waals surface area contributed by atoms with Crippen molar-refractivity contribution in [2.45, 2.75) is 160 Å². The molecule has 0 bridgehead atoms. The van der Waals surface area contributed by atoms with Crippen molar-refractivity contribution in [3.63, 3.8) is 0 Å². The minimum Gasteiger partial charge on any atom is -0.481 e. The van der Waals surface area contributed by atoms with Gasteiger partial charge in [0, 0.05) is 12.8 Å². The minimum absolute atomic E-state index is 0.0468. The van der Waals surface area contributed by atoms with E-state index in [1.54, 1.807) is 0 Å². The van der Waals surface area contributed by atoms with Crippen LogP contribution in [0.25, 0.3) is 0 Å². The molecule has 0 unspecified atom stereocenters. The lowest BCUT2D eigenvalue weighted by Gasteiger charge is -2.32. The molecule has 0 saturated heterocycles. The van der Waals surface area contributed by atoms with Crippen molar-refractivity contribution >= 4 is 35.8 Å². The summed E-state index contributed by atoms with van der Waals surface area (Å²) in [7, 11) is 0. The summed E-state index contributed by atoms with van der Waals surface area (Å²) in [5, 5.41) is 54.5. The highest BCUT2D eigenvalue weighted by Crippen LogP contribution is 2.40. The van der Waals surface area contributed by atoms with E-state index in [0.29, 0.717) is 63.2 Å². The van der Waals surface area contributed by atoms with Gasteiger partial charge in [0.25, 0.3) is 0 Å². The molecule has 0 spiro atoms. The van der Waals surface area contributed by atoms with Crippen molar-refractivity contribution in [2.75, 3.05) is 0 Å². The van der Waals surface area contributed by atoms with Gasteiger partial charge in [0.15, 0.2) is 0 Å². The smallest absolute Gasteiger partial charge is 0.310 e. The third-order valence-electron chi connectivity index (χ3n) is 8.51. The monoisotopic (exact) mass is 733 g/mol. The van der Waals surface area contributed by atoms with E-state index in [4.69, 9.17) is 15.3 Å². The molecule has 0 aromatic carbocycles. The number of carboxylic acids is 6. The minimum atomic E-state index is -1.12. The molecule has 0 amide bonds. The summed E-state index contributed by atoms with van der Waals surface area (Å²) in [6.07, 6.45) is 3.89. The van der Waals surface area contributed by atoms with Crippen LogP contribution < -0.4 is 0 Å². The molecule has 6 N–H and O–H groups in total. The maximum absolute atomic E-state index is 11.6. The quantitative estimate of drug-likeness (QED) is 0.0547. The molecule has 0 fully saturated rings. The summed E-state index contributed by atoms with van der Waals surface area (Å²) in [5.41, 5.74) is -2.77. The van der Waals surface area contributed by atoms with Crippen molar-refractivity contribution in [3.8, 4) is 0 Å². The van der Waals surface area contributed by atoms with Crippen LogP contribution >= 0.6 is 0 Å². The molecule has 0 aliphatic heterocycles. The third kappa shape index (κ3) is 23.8. The van der Waals surface area contributed by atoms with Crippen molar-refractivity contribution in [1.82, 2.24) is 0 Å². The zero-order valence-electron chi connectivity index (χ0n) is 33.6. The van der Waals surface area contributed by atoms with Gasteiger partial charge >= 0.3 is 35.8 Å². The summed E-state index contributed by atoms with van der Waals surface area (Å²) < 4.78 is 0. The van der Waals surface area contributed by atoms with Gasteiger partial charge in [0.2, 0.25) is 0 Å². The fraction of sp³-hybridized carbons (Fsp3) is 0.846. The lowest BCUT2D eigenvalue weighted by molar-refractivity contribution is -0.158. The van der Waals surface area contributed by atoms with Gasteiger partial charge in [-0.05, 0) is 93.3 Å². The second-order valence-corrected chi connectivity index (χ2v) is 17.1. The van der Waals surface area contributed by atoms with Crippen molar-refractivity contribution in [2.24, 2.45) is 51.8 Å². The highest BCUT2D eigenvalue weighted by atomic mass is 16.4. The molecule has 0 rings (SSSR count). The molecular formula is C39H72O12. The highest BCUT2D eigenvalue weighted by Gasteiger charge is 2.42. The number of rotatable bonds is 24. The lowest BCUT2D eigenvalue weighted by Crippen LogP contribution is -2.36. The van der Waals surface area contributed by atoms with E-state index in [1.807, 2.05) is 83.1 Å². The first-order valence-corrected chi connectivity index (χ1v) is 18.4. The van der Waals surface area contributed by atoms with Gasteiger partial charge in [-0.3, -0.25) is 28.8 Å². The Morgan fingerprint density at radius 1 is 0.373 bits per heavy atom. The Balaban J connectivity index is -0.000000679. The molecule has 12 nitrogen and oxygen atoms in total. The van der Waals surface area contributed by atoms with Crippen LogP contribution in [0.4, 0.5) is 0 Å². The molecule has 300 valence electrons. The molecule has 51 heavy (non-hydrogen) atoms. The zero-order valence-corrected chi connectivity index (χ0v) is 33.6. The number of hydrogen-bond donors (Lipinski definition) is 6. The van der Waals surface area contributed by atoms with Crippen LogP contribution in [-0.4, -0.2) is 66.5 Å². The predicted molar refractivity (Wildman–Crippen MR) is 198 cm³/mol. The second-order valence-electron chi connectivity index (χ2n) is 17.1. The van der Waals surface area contributed by atoms with Crippen LogP contribution in [0.5, 0.6) is 0 Å². The summed E-state index contributed by atoms with van der Waals surface area (Å²) in [6, 6.07) is 0. The lowest BCUT2D eigenvalue weighted by atomic mass is 9.71. The Kier molecular flexibility index (Phi) is 25.5. The molecule has 0 heterocycles. The standard InChI is InChI=1S/C14H26O4.C13H24O4.C12H22O4/c1-10(2)8-14(13(17)18,9-11(3)4)7-5-6-12(15)16;1-9(2)7-13(12(16)17,8-10(3)4)6-5-11(14)15;1-8(2)5-12(11(15)16,6-9(3)4)7-10(13)14/h10-11H,5-9H2,1-4H3,(H,15,16)(H,17,18);9-10H,5-8H2,1-4H3,(H,14,15)(H,16,17);8-9H,5-7H2,1-4H3,(H,13,14)(H,15,16). The van der Waals surface area contributed by atoms with E-state index in [2.05, 4.69) is 0 Å². The van der Waals surface area contributed by atoms with Gasteiger partial charge < -0.3 is 30.6 Å². The number of carbonyl (C=O) groups is 6. The van der Waals surface area contributed by atoms with Crippen molar-refractivity contribution in [3.05, 3.63) is 0 Å². The van der Waals surface area contributed by atoms with Gasteiger partial charge in [-0.15, -0.1) is 0 Å². The van der Waals surface area contributed by atoms with Gasteiger partial charge in [-0.25, -0.2) is 0 Å². The van der Waals surface area contributed by atoms with E-state index in [1.165, 1.54) is 0 Å². The summed E-state index contributed by atoms with van der Waals surface area (Å²) in [6.45, 7) is 23.6. The first kappa shape index (κ1) is 52.2. The Hall–Kier alpha value is -3.18. The highest BCUT2D eigenvalue weighted by molar-refractivity contribution is 5.81. The van der Waals surface area contributed by atoms with Crippen LogP contribution in [0.2, 0.25) is 0 Å². The maximum atomic E-state index is 11.6.